The molecule has 0 saturated carbocycles. The van der Waals surface area contributed by atoms with Crippen LogP contribution in [-0.2, 0) is 0 Å². The van der Waals surface area contributed by atoms with Gasteiger partial charge in [0.2, 0.25) is 0 Å². The molecule has 110 valence electrons. The number of nitrogens with one attached hydrogen (secondary N) is 1. The van der Waals surface area contributed by atoms with Crippen molar-refractivity contribution in [1.82, 2.24) is 0 Å². The highest BCUT2D eigenvalue weighted by Gasteiger charge is 2.16. The van der Waals surface area contributed by atoms with E-state index in [0.29, 0.717) is 17.1 Å². The van der Waals surface area contributed by atoms with Crippen LogP contribution in [0, 0.1) is 10.5 Å². The Morgan fingerprint density at radius 1 is 1.05 bits per heavy atom. The molecule has 0 bridgehead atoms. The number of furan rings is 1. The van der Waals surface area contributed by atoms with Crippen LogP contribution in [0.4, 0.5) is 5.69 Å². The lowest BCUT2D eigenvalue weighted by molar-refractivity contribution is 0.102. The molecule has 3 aromatic rings. The zero-order chi connectivity index (χ0) is 15.5. The molecule has 0 aliphatic heterocycles. The lowest BCUT2D eigenvalue weighted by atomic mass is 10.1. The van der Waals surface area contributed by atoms with Crippen LogP contribution in [0.1, 0.15) is 16.1 Å². The Labute approximate surface area is 142 Å². The summed E-state index contributed by atoms with van der Waals surface area (Å²) in [6.45, 7) is 1.80. The van der Waals surface area contributed by atoms with Gasteiger partial charge in [0, 0.05) is 9.13 Å². The third-order valence-electron chi connectivity index (χ3n) is 3.34. The van der Waals surface area contributed by atoms with Gasteiger partial charge in [-0.3, -0.25) is 4.79 Å². The number of aryl methyl sites for hydroxylation is 1. The Morgan fingerprint density at radius 2 is 1.73 bits per heavy atom. The first kappa shape index (κ1) is 14.8. The molecule has 0 saturated heterocycles. The van der Waals surface area contributed by atoms with Crippen LogP contribution in [0.3, 0.4) is 0 Å². The van der Waals surface area contributed by atoms with Crippen molar-refractivity contribution in [2.45, 2.75) is 6.92 Å². The average molecular weight is 403 g/mol. The van der Waals surface area contributed by atoms with E-state index in [1.807, 2.05) is 54.6 Å². The quantitative estimate of drug-likeness (QED) is 0.618. The van der Waals surface area contributed by atoms with E-state index in [1.165, 1.54) is 0 Å². The number of carbonyl (C=O) groups excluding carboxylic acids is 1. The molecule has 0 radical (unpaired) electrons. The first-order chi connectivity index (χ1) is 10.6. The summed E-state index contributed by atoms with van der Waals surface area (Å²) >= 11 is 2.20. The van der Waals surface area contributed by atoms with Gasteiger partial charge >= 0.3 is 0 Å². The normalized spacial score (nSPS) is 10.5. The minimum Gasteiger partial charge on any atom is -0.461 e. The van der Waals surface area contributed by atoms with Gasteiger partial charge in [-0.25, -0.2) is 0 Å². The fourth-order valence-electron chi connectivity index (χ4n) is 2.20. The smallest absolute Gasteiger partial charge is 0.259 e. The maximum atomic E-state index is 12.5. The van der Waals surface area contributed by atoms with Crippen LogP contribution in [0.5, 0.6) is 0 Å². The van der Waals surface area contributed by atoms with Crippen molar-refractivity contribution in [3.63, 3.8) is 0 Å². The standard InChI is InChI=1S/C18H14INO2/c1-12-14(11-17(22-12)13-7-3-2-4-8-13)18(21)20-16-10-6-5-9-15(16)19/h2-11H,1H3,(H,20,21). The predicted molar refractivity (Wildman–Crippen MR) is 96.0 cm³/mol. The summed E-state index contributed by atoms with van der Waals surface area (Å²) in [5.41, 5.74) is 2.31. The van der Waals surface area contributed by atoms with Gasteiger partial charge in [0.05, 0.1) is 11.3 Å². The Kier molecular flexibility index (Phi) is 4.29. The molecular weight excluding hydrogens is 389 g/mol. The largest absolute Gasteiger partial charge is 0.461 e. The van der Waals surface area contributed by atoms with Crippen LogP contribution < -0.4 is 5.32 Å². The number of hydrogen-bond acceptors (Lipinski definition) is 2. The van der Waals surface area contributed by atoms with Crippen molar-refractivity contribution in [3.8, 4) is 11.3 Å². The first-order valence-corrected chi connectivity index (χ1v) is 7.95. The summed E-state index contributed by atoms with van der Waals surface area (Å²) in [6.07, 6.45) is 0. The number of benzene rings is 2. The second-order valence-corrected chi connectivity index (χ2v) is 6.04. The van der Waals surface area contributed by atoms with Crippen molar-refractivity contribution in [3.05, 3.63) is 75.6 Å². The second kappa shape index (κ2) is 6.36. The lowest BCUT2D eigenvalue weighted by Gasteiger charge is -2.05. The third-order valence-corrected chi connectivity index (χ3v) is 4.28. The topological polar surface area (TPSA) is 42.2 Å². The minimum atomic E-state index is -0.160. The zero-order valence-electron chi connectivity index (χ0n) is 12.0. The van der Waals surface area contributed by atoms with Crippen LogP contribution >= 0.6 is 22.6 Å². The van der Waals surface area contributed by atoms with E-state index in [0.717, 1.165) is 14.8 Å². The van der Waals surface area contributed by atoms with Gasteiger partial charge in [-0.05, 0) is 47.7 Å². The number of carbonyl (C=O) groups is 1. The molecule has 3 rings (SSSR count). The monoisotopic (exact) mass is 403 g/mol. The molecule has 1 aromatic heterocycles. The van der Waals surface area contributed by atoms with Gasteiger partial charge in [-0.15, -0.1) is 0 Å². The third kappa shape index (κ3) is 3.06. The fourth-order valence-corrected chi connectivity index (χ4v) is 2.73. The molecule has 0 unspecified atom stereocenters. The molecule has 0 aliphatic rings. The summed E-state index contributed by atoms with van der Waals surface area (Å²) < 4.78 is 6.73. The molecule has 0 atom stereocenters. The number of hydrogen-bond donors (Lipinski definition) is 1. The Bertz CT molecular complexity index is 809. The van der Waals surface area contributed by atoms with Gasteiger partial charge in [0.1, 0.15) is 11.5 Å². The van der Waals surface area contributed by atoms with E-state index in [4.69, 9.17) is 4.42 Å². The molecule has 22 heavy (non-hydrogen) atoms. The number of para-hydroxylation sites is 1. The highest BCUT2D eigenvalue weighted by atomic mass is 127. The molecule has 1 amide bonds. The molecule has 4 heteroatoms. The molecule has 3 nitrogen and oxygen atoms in total. The molecule has 2 aromatic carbocycles. The molecule has 0 spiro atoms. The Hall–Kier alpha value is -2.08. The van der Waals surface area contributed by atoms with Crippen LogP contribution in [0.2, 0.25) is 0 Å². The maximum Gasteiger partial charge on any atom is 0.259 e. The van der Waals surface area contributed by atoms with Crippen LogP contribution in [-0.4, -0.2) is 5.91 Å². The van der Waals surface area contributed by atoms with Crippen molar-refractivity contribution < 1.29 is 9.21 Å². The maximum absolute atomic E-state index is 12.5. The molecule has 1 N–H and O–H groups in total. The Morgan fingerprint density at radius 3 is 2.45 bits per heavy atom. The zero-order valence-corrected chi connectivity index (χ0v) is 14.1. The van der Waals surface area contributed by atoms with Gasteiger partial charge in [-0.2, -0.15) is 0 Å². The lowest BCUT2D eigenvalue weighted by Crippen LogP contribution is -2.12. The molecule has 1 heterocycles. The highest BCUT2D eigenvalue weighted by Crippen LogP contribution is 2.26. The van der Waals surface area contributed by atoms with Gasteiger partial charge in [-0.1, -0.05) is 42.5 Å². The van der Waals surface area contributed by atoms with Gasteiger partial charge < -0.3 is 9.73 Å². The van der Waals surface area contributed by atoms with E-state index in [2.05, 4.69) is 27.9 Å². The summed E-state index contributed by atoms with van der Waals surface area (Å²) in [4.78, 5) is 12.5. The van der Waals surface area contributed by atoms with Crippen molar-refractivity contribution in [2.24, 2.45) is 0 Å². The van der Waals surface area contributed by atoms with E-state index in [-0.39, 0.29) is 5.91 Å². The number of rotatable bonds is 3. The number of anilines is 1. The predicted octanol–water partition coefficient (Wildman–Crippen LogP) is 5.11. The molecular formula is C18H14INO2. The van der Waals surface area contributed by atoms with Crippen molar-refractivity contribution in [1.29, 1.82) is 0 Å². The van der Waals surface area contributed by atoms with E-state index >= 15 is 0 Å². The summed E-state index contributed by atoms with van der Waals surface area (Å²) in [5, 5.41) is 2.93. The van der Waals surface area contributed by atoms with Crippen molar-refractivity contribution >= 4 is 34.2 Å². The fraction of sp³-hybridized carbons (Fsp3) is 0.0556. The average Bonchev–Trinajstić information content (AvgIpc) is 2.92. The highest BCUT2D eigenvalue weighted by molar-refractivity contribution is 14.1. The van der Waals surface area contributed by atoms with Gasteiger partial charge in [0.25, 0.3) is 5.91 Å². The van der Waals surface area contributed by atoms with Crippen molar-refractivity contribution in [2.75, 3.05) is 5.32 Å². The molecule has 0 fully saturated rings. The van der Waals surface area contributed by atoms with E-state index in [1.54, 1.807) is 13.0 Å². The SMILES string of the molecule is Cc1oc(-c2ccccc2)cc1C(=O)Nc1ccccc1I. The van der Waals surface area contributed by atoms with Crippen LogP contribution in [0.15, 0.2) is 65.1 Å². The molecule has 0 aliphatic carbocycles. The summed E-state index contributed by atoms with van der Waals surface area (Å²) in [6, 6.07) is 19.2. The number of amides is 1. The summed E-state index contributed by atoms with van der Waals surface area (Å²) in [7, 11) is 0. The van der Waals surface area contributed by atoms with Gasteiger partial charge in [0.15, 0.2) is 0 Å². The van der Waals surface area contributed by atoms with Crippen LogP contribution in [0.25, 0.3) is 11.3 Å². The first-order valence-electron chi connectivity index (χ1n) is 6.87. The summed E-state index contributed by atoms with van der Waals surface area (Å²) in [5.74, 6) is 1.15. The number of halogens is 1. The second-order valence-electron chi connectivity index (χ2n) is 4.88. The Balaban J connectivity index is 1.88. The van der Waals surface area contributed by atoms with E-state index < -0.39 is 0 Å². The minimum absolute atomic E-state index is 0.160. The van der Waals surface area contributed by atoms with E-state index in [9.17, 15) is 4.79 Å².